The van der Waals surface area contributed by atoms with Crippen molar-refractivity contribution in [2.45, 2.75) is 24.5 Å². The van der Waals surface area contributed by atoms with E-state index >= 15 is 0 Å². The molecule has 0 radical (unpaired) electrons. The molecule has 0 bridgehead atoms. The first-order valence-corrected chi connectivity index (χ1v) is 3.04. The predicted octanol–water partition coefficient (Wildman–Crippen LogP) is -2.62. The van der Waals surface area contributed by atoms with Crippen LogP contribution in [0.2, 0.25) is 0 Å². The van der Waals surface area contributed by atoms with Crippen molar-refractivity contribution in [3.8, 4) is 0 Å². The first-order chi connectivity index (χ1) is 4.63. The second-order valence-electron chi connectivity index (χ2n) is 2.37. The molecule has 0 amide bonds. The Bertz CT molecular complexity index is 106. The summed E-state index contributed by atoms with van der Waals surface area (Å²) in [4.78, 5) is 0. The molecule has 0 aromatic heterocycles. The molecule has 5 N–H and O–H groups in total. The molecule has 0 aromatic carbocycles. The largest absolute Gasteiger partial charge is 0.388 e. The summed E-state index contributed by atoms with van der Waals surface area (Å²) >= 11 is 0. The molecule has 1 saturated heterocycles. The van der Waals surface area contributed by atoms with E-state index in [0.717, 1.165) is 0 Å². The Morgan fingerprint density at radius 3 is 2.30 bits per heavy atom. The highest BCUT2D eigenvalue weighted by atomic mass is 16.6. The summed E-state index contributed by atoms with van der Waals surface area (Å²) in [5.74, 6) is 0. The van der Waals surface area contributed by atoms with Crippen LogP contribution >= 0.6 is 0 Å². The molecule has 1 aliphatic rings. The number of ether oxygens (including phenoxy) is 1. The number of nitrogens with two attached hydrogens (primary N) is 1. The maximum absolute atomic E-state index is 9.00. The highest BCUT2D eigenvalue weighted by molar-refractivity contribution is 4.84. The molecule has 1 fully saturated rings. The number of aliphatic hydroxyl groups is 3. The summed E-state index contributed by atoms with van der Waals surface area (Å²) in [5.41, 5.74) is 5.28. The minimum atomic E-state index is -1.31. The summed E-state index contributed by atoms with van der Waals surface area (Å²) in [6.45, 7) is 0.0688. The number of aliphatic hydroxyl groups excluding tert-OH is 3. The fourth-order valence-electron chi connectivity index (χ4n) is 0.829. The van der Waals surface area contributed by atoms with Crippen LogP contribution in [0, 0.1) is 0 Å². The minimum Gasteiger partial charge on any atom is -0.388 e. The van der Waals surface area contributed by atoms with Crippen LogP contribution in [0.5, 0.6) is 0 Å². The van der Waals surface area contributed by atoms with Gasteiger partial charge in [-0.05, 0) is 0 Å². The average Bonchev–Trinajstić information content (AvgIpc) is 1.93. The van der Waals surface area contributed by atoms with E-state index in [4.69, 9.17) is 21.1 Å². The maximum atomic E-state index is 9.00. The summed E-state index contributed by atoms with van der Waals surface area (Å²) in [5, 5.41) is 26.7. The lowest BCUT2D eigenvalue weighted by Crippen LogP contribution is -2.56. The van der Waals surface area contributed by atoms with E-state index in [1.54, 1.807) is 0 Å². The van der Waals surface area contributed by atoms with Crippen molar-refractivity contribution in [1.82, 2.24) is 0 Å². The van der Waals surface area contributed by atoms with E-state index in [0.29, 0.717) is 0 Å². The minimum absolute atomic E-state index is 0.0688. The monoisotopic (exact) mass is 149 g/mol. The summed E-state index contributed by atoms with van der Waals surface area (Å²) < 4.78 is 4.59. The molecule has 0 saturated carbocycles. The molecule has 1 aliphatic heterocycles. The van der Waals surface area contributed by atoms with Gasteiger partial charge in [0.05, 0.1) is 12.6 Å². The molecule has 60 valence electrons. The Hall–Kier alpha value is -0.200. The molecular formula is C5H11NO4. The molecule has 1 heterocycles. The Kier molecular flexibility index (Phi) is 2.22. The smallest absolute Gasteiger partial charge is 0.183 e. The van der Waals surface area contributed by atoms with E-state index in [1.807, 2.05) is 0 Å². The summed E-state index contributed by atoms with van der Waals surface area (Å²) in [6.07, 6.45) is -3.69. The first-order valence-electron chi connectivity index (χ1n) is 3.04. The zero-order valence-electron chi connectivity index (χ0n) is 5.34. The third kappa shape index (κ3) is 1.28. The van der Waals surface area contributed by atoms with Gasteiger partial charge in [0.25, 0.3) is 0 Å². The Balaban J connectivity index is 2.52. The fraction of sp³-hybridized carbons (Fsp3) is 1.00. The van der Waals surface area contributed by atoms with E-state index in [2.05, 4.69) is 4.74 Å². The Labute approximate surface area is 58.0 Å². The van der Waals surface area contributed by atoms with Crippen LogP contribution < -0.4 is 5.73 Å². The molecule has 0 spiro atoms. The van der Waals surface area contributed by atoms with Gasteiger partial charge in [-0.3, -0.25) is 0 Å². The number of hydrogen-bond acceptors (Lipinski definition) is 5. The molecule has 5 heteroatoms. The lowest BCUT2D eigenvalue weighted by atomic mass is 10.0. The van der Waals surface area contributed by atoms with Crippen molar-refractivity contribution in [2.24, 2.45) is 5.73 Å². The lowest BCUT2D eigenvalue weighted by molar-refractivity contribution is -0.225. The highest BCUT2D eigenvalue weighted by Crippen LogP contribution is 2.11. The topological polar surface area (TPSA) is 95.9 Å². The van der Waals surface area contributed by atoms with Crippen LogP contribution in [0.1, 0.15) is 0 Å². The van der Waals surface area contributed by atoms with Crippen molar-refractivity contribution in [3.05, 3.63) is 0 Å². The number of hydrogen-bond donors (Lipinski definition) is 4. The molecule has 0 aliphatic carbocycles. The summed E-state index contributed by atoms with van der Waals surface area (Å²) in [6, 6.07) is -0.613. The van der Waals surface area contributed by atoms with Gasteiger partial charge in [0.15, 0.2) is 6.29 Å². The van der Waals surface area contributed by atoms with E-state index in [-0.39, 0.29) is 6.61 Å². The maximum Gasteiger partial charge on any atom is 0.183 e. The van der Waals surface area contributed by atoms with Crippen LogP contribution in [-0.2, 0) is 4.74 Å². The molecule has 0 unspecified atom stereocenters. The molecule has 4 atom stereocenters. The van der Waals surface area contributed by atoms with Gasteiger partial charge in [0.1, 0.15) is 12.2 Å². The first kappa shape index (κ1) is 7.90. The second kappa shape index (κ2) is 2.81. The van der Waals surface area contributed by atoms with Gasteiger partial charge in [-0.15, -0.1) is 0 Å². The average molecular weight is 149 g/mol. The SMILES string of the molecule is N[C@@H]1CO[C@@H](O)[C@@H](O)[C@@H]1O. The van der Waals surface area contributed by atoms with Crippen molar-refractivity contribution < 1.29 is 20.1 Å². The van der Waals surface area contributed by atoms with Crippen molar-refractivity contribution >= 4 is 0 Å². The quantitative estimate of drug-likeness (QED) is 0.302. The van der Waals surface area contributed by atoms with E-state index < -0.39 is 24.5 Å². The molecule has 0 aromatic rings. The third-order valence-corrected chi connectivity index (χ3v) is 1.54. The fourth-order valence-corrected chi connectivity index (χ4v) is 0.829. The van der Waals surface area contributed by atoms with Gasteiger partial charge in [-0.2, -0.15) is 0 Å². The van der Waals surface area contributed by atoms with Gasteiger partial charge in [0, 0.05) is 0 Å². The van der Waals surface area contributed by atoms with Crippen LogP contribution in [0.25, 0.3) is 0 Å². The van der Waals surface area contributed by atoms with E-state index in [1.165, 1.54) is 0 Å². The van der Waals surface area contributed by atoms with Gasteiger partial charge in [-0.25, -0.2) is 0 Å². The van der Waals surface area contributed by atoms with Gasteiger partial charge >= 0.3 is 0 Å². The Morgan fingerprint density at radius 1 is 1.20 bits per heavy atom. The number of rotatable bonds is 0. The molecule has 10 heavy (non-hydrogen) atoms. The second-order valence-corrected chi connectivity index (χ2v) is 2.37. The molecule has 5 nitrogen and oxygen atoms in total. The van der Waals surface area contributed by atoms with Crippen molar-refractivity contribution in [3.63, 3.8) is 0 Å². The van der Waals surface area contributed by atoms with Gasteiger partial charge in [-0.1, -0.05) is 0 Å². The zero-order valence-corrected chi connectivity index (χ0v) is 5.34. The highest BCUT2D eigenvalue weighted by Gasteiger charge is 2.35. The Morgan fingerprint density at radius 2 is 1.80 bits per heavy atom. The normalized spacial score (nSPS) is 49.2. The molecular weight excluding hydrogens is 138 g/mol. The van der Waals surface area contributed by atoms with E-state index in [9.17, 15) is 0 Å². The standard InChI is InChI=1S/C5H11NO4/c6-2-1-10-5(9)4(8)3(2)7/h2-5,7-9H,1,6H2/t2-,3-,4+,5-/m1/s1. The van der Waals surface area contributed by atoms with Crippen LogP contribution in [-0.4, -0.2) is 46.5 Å². The zero-order chi connectivity index (χ0) is 7.72. The van der Waals surface area contributed by atoms with Crippen LogP contribution in [0.15, 0.2) is 0 Å². The summed E-state index contributed by atoms with van der Waals surface area (Å²) in [7, 11) is 0. The lowest BCUT2D eigenvalue weighted by Gasteiger charge is -2.32. The predicted molar refractivity (Wildman–Crippen MR) is 31.9 cm³/mol. The third-order valence-electron chi connectivity index (χ3n) is 1.54. The van der Waals surface area contributed by atoms with Crippen molar-refractivity contribution in [1.29, 1.82) is 0 Å². The van der Waals surface area contributed by atoms with Crippen molar-refractivity contribution in [2.75, 3.05) is 6.61 Å². The van der Waals surface area contributed by atoms with Gasteiger partial charge in [0.2, 0.25) is 0 Å². The molecule has 1 rings (SSSR count). The van der Waals surface area contributed by atoms with Gasteiger partial charge < -0.3 is 25.8 Å². The van der Waals surface area contributed by atoms with Crippen LogP contribution in [0.4, 0.5) is 0 Å². The van der Waals surface area contributed by atoms with Crippen LogP contribution in [0.3, 0.4) is 0 Å².